The van der Waals surface area contributed by atoms with Crippen LogP contribution in [0, 0.1) is 0 Å². The number of anilines is 1. The van der Waals surface area contributed by atoms with Crippen LogP contribution in [0.1, 0.15) is 47.3 Å². The summed E-state index contributed by atoms with van der Waals surface area (Å²) >= 11 is 0. The molecule has 230 valence electrons. The lowest BCUT2D eigenvalue weighted by Crippen LogP contribution is -2.50. The molecular formula is C30H26F3N9O3. The van der Waals surface area contributed by atoms with Gasteiger partial charge in [-0.15, -0.1) is 10.2 Å². The van der Waals surface area contributed by atoms with Crippen molar-refractivity contribution in [3.63, 3.8) is 0 Å². The number of halogens is 3. The zero-order valence-electron chi connectivity index (χ0n) is 23.7. The molecule has 1 atom stereocenters. The van der Waals surface area contributed by atoms with Gasteiger partial charge in [-0.25, -0.2) is 9.37 Å². The Balaban J connectivity index is 1.05. The van der Waals surface area contributed by atoms with Gasteiger partial charge in [0.25, 0.3) is 11.8 Å². The van der Waals surface area contributed by atoms with Crippen molar-refractivity contribution in [3.05, 3.63) is 83.9 Å². The first-order valence-corrected chi connectivity index (χ1v) is 14.3. The molecule has 2 amide bonds. The van der Waals surface area contributed by atoms with Crippen LogP contribution in [0.5, 0.6) is 0 Å². The van der Waals surface area contributed by atoms with Crippen LogP contribution in [0.4, 0.5) is 18.9 Å². The van der Waals surface area contributed by atoms with E-state index in [0.29, 0.717) is 48.5 Å². The molecule has 2 fully saturated rings. The topological polar surface area (TPSA) is 135 Å². The number of tetrazole rings is 1. The molecule has 4 heterocycles. The van der Waals surface area contributed by atoms with E-state index in [1.54, 1.807) is 35.2 Å². The maximum Gasteiger partial charge on any atom is 0.350 e. The van der Waals surface area contributed by atoms with Crippen LogP contribution in [-0.4, -0.2) is 83.6 Å². The molecular weight excluding hydrogens is 591 g/mol. The van der Waals surface area contributed by atoms with Gasteiger partial charge in [-0.05, 0) is 54.0 Å². The Kier molecular flexibility index (Phi) is 7.23. The first kappa shape index (κ1) is 28.6. The van der Waals surface area contributed by atoms with E-state index in [-0.39, 0.29) is 41.0 Å². The van der Waals surface area contributed by atoms with Gasteiger partial charge in [0.1, 0.15) is 11.2 Å². The smallest absolute Gasteiger partial charge is 0.350 e. The van der Waals surface area contributed by atoms with E-state index in [1.165, 1.54) is 6.20 Å². The Morgan fingerprint density at radius 1 is 0.978 bits per heavy atom. The third-order valence-corrected chi connectivity index (χ3v) is 7.91. The highest BCUT2D eigenvalue weighted by atomic mass is 19.3. The van der Waals surface area contributed by atoms with Crippen molar-refractivity contribution in [2.75, 3.05) is 31.5 Å². The van der Waals surface area contributed by atoms with Gasteiger partial charge in [-0.3, -0.25) is 19.5 Å². The number of carbonyl (C=O) groups excluding carboxylic acids is 2. The van der Waals surface area contributed by atoms with Gasteiger partial charge in [0, 0.05) is 43.6 Å². The van der Waals surface area contributed by atoms with E-state index in [9.17, 15) is 22.8 Å². The fourth-order valence-electron chi connectivity index (χ4n) is 5.32. The summed E-state index contributed by atoms with van der Waals surface area (Å²) in [6.45, 7) is -1.33. The van der Waals surface area contributed by atoms with E-state index in [2.05, 4.69) is 30.7 Å². The minimum Gasteiger partial charge on any atom is -0.436 e. The van der Waals surface area contributed by atoms with E-state index >= 15 is 0 Å². The average Bonchev–Trinajstić information content (AvgIpc) is 3.43. The molecule has 0 bridgehead atoms. The van der Waals surface area contributed by atoms with Crippen molar-refractivity contribution in [2.24, 2.45) is 0 Å². The summed E-state index contributed by atoms with van der Waals surface area (Å²) < 4.78 is 46.3. The number of fused-ring (bicyclic) bond motifs is 1. The number of hydrogen-bond acceptors (Lipinski definition) is 9. The van der Waals surface area contributed by atoms with Crippen LogP contribution in [0.3, 0.4) is 0 Å². The fraction of sp³-hybridized carbons (Fsp3) is 0.300. The minimum absolute atomic E-state index is 0.151. The van der Waals surface area contributed by atoms with Crippen molar-refractivity contribution >= 4 is 28.6 Å². The van der Waals surface area contributed by atoms with Crippen LogP contribution in [0.25, 0.3) is 22.6 Å². The largest absolute Gasteiger partial charge is 0.436 e. The summed E-state index contributed by atoms with van der Waals surface area (Å²) in [6.07, 6.45) is 1.93. The van der Waals surface area contributed by atoms with Crippen molar-refractivity contribution in [3.8, 4) is 11.5 Å². The zero-order valence-corrected chi connectivity index (χ0v) is 23.7. The number of nitrogens with zero attached hydrogens (tertiary/aromatic N) is 8. The number of piperazine rings is 1. The summed E-state index contributed by atoms with van der Waals surface area (Å²) in [5, 5.41) is 13.9. The number of amides is 2. The summed E-state index contributed by atoms with van der Waals surface area (Å²) in [5.74, 6) is -0.544. The first-order valence-electron chi connectivity index (χ1n) is 14.3. The Labute approximate surface area is 253 Å². The number of hydrogen-bond donors (Lipinski definition) is 1. The molecule has 1 aliphatic heterocycles. The molecule has 7 rings (SSSR count). The van der Waals surface area contributed by atoms with Gasteiger partial charge in [0.2, 0.25) is 5.89 Å². The number of aromatic nitrogens is 6. The molecule has 5 aromatic rings. The van der Waals surface area contributed by atoms with E-state index < -0.39 is 24.2 Å². The summed E-state index contributed by atoms with van der Waals surface area (Å²) in [5.41, 5.74) is 1.09. The van der Waals surface area contributed by atoms with Gasteiger partial charge in [-0.2, -0.15) is 8.78 Å². The van der Waals surface area contributed by atoms with Crippen LogP contribution in [0.2, 0.25) is 0 Å². The number of carbonyl (C=O) groups is 2. The average molecular weight is 618 g/mol. The van der Waals surface area contributed by atoms with Crippen LogP contribution in [0.15, 0.2) is 71.3 Å². The number of pyridine rings is 1. The van der Waals surface area contributed by atoms with Crippen LogP contribution < -0.4 is 5.32 Å². The highest BCUT2D eigenvalue weighted by molar-refractivity contribution is 6.00. The number of benzene rings is 2. The van der Waals surface area contributed by atoms with Gasteiger partial charge in [-0.1, -0.05) is 35.1 Å². The molecule has 0 spiro atoms. The highest BCUT2D eigenvalue weighted by Crippen LogP contribution is 2.41. The maximum atomic E-state index is 14.1. The SMILES string of the molecule is O=C(c1cc(-c2nc3cc(NC(=O)C4(F)CC4)ccc3o2)ccn1)N1CCN([C@H](c2ccccc2)c2nnn(C(F)F)n2)CC1. The molecule has 1 saturated heterocycles. The van der Waals surface area contributed by atoms with Gasteiger partial charge in [0.15, 0.2) is 17.1 Å². The number of oxazole rings is 1. The van der Waals surface area contributed by atoms with E-state index in [1.807, 2.05) is 35.2 Å². The van der Waals surface area contributed by atoms with Crippen molar-refractivity contribution in [1.82, 2.24) is 40.0 Å². The predicted molar refractivity (Wildman–Crippen MR) is 154 cm³/mol. The molecule has 0 unspecified atom stereocenters. The second-order valence-electron chi connectivity index (χ2n) is 10.9. The number of rotatable bonds is 8. The van der Waals surface area contributed by atoms with Crippen LogP contribution in [-0.2, 0) is 4.79 Å². The number of nitrogens with one attached hydrogen (secondary N) is 1. The molecule has 45 heavy (non-hydrogen) atoms. The number of alkyl halides is 3. The van der Waals surface area contributed by atoms with E-state index in [0.717, 1.165) is 5.56 Å². The van der Waals surface area contributed by atoms with Crippen LogP contribution >= 0.6 is 0 Å². The minimum atomic E-state index is -2.91. The third-order valence-electron chi connectivity index (χ3n) is 7.91. The lowest BCUT2D eigenvalue weighted by atomic mass is 10.0. The monoisotopic (exact) mass is 617 g/mol. The molecule has 1 saturated carbocycles. The standard InChI is InChI=1S/C30H26F3N9O3/c31-29(32)42-38-25(37-39-42)24(18-4-2-1-3-5-18)40-12-14-41(15-13-40)27(43)22-16-19(8-11-34-22)26-36-21-17-20(6-7-23(21)45-26)35-28(44)30(33)9-10-30/h1-8,11,16-17,24,29H,9-10,12-15H2,(H,35,44)/t24-/m1/s1. The summed E-state index contributed by atoms with van der Waals surface area (Å²) in [4.78, 5) is 38.3. The molecule has 15 heteroatoms. The Morgan fingerprint density at radius 3 is 2.47 bits per heavy atom. The Bertz CT molecular complexity index is 1870. The third kappa shape index (κ3) is 5.73. The van der Waals surface area contributed by atoms with E-state index in [4.69, 9.17) is 4.42 Å². The van der Waals surface area contributed by atoms with Gasteiger partial charge >= 0.3 is 6.55 Å². The highest BCUT2D eigenvalue weighted by Gasteiger charge is 2.50. The summed E-state index contributed by atoms with van der Waals surface area (Å²) in [7, 11) is 0. The molecule has 3 aromatic heterocycles. The lowest BCUT2D eigenvalue weighted by molar-refractivity contribution is -0.122. The first-order chi connectivity index (χ1) is 21.8. The predicted octanol–water partition coefficient (Wildman–Crippen LogP) is 4.26. The quantitative estimate of drug-likeness (QED) is 0.271. The second-order valence-corrected chi connectivity index (χ2v) is 10.9. The Hall–Kier alpha value is -5.18. The fourth-order valence-corrected chi connectivity index (χ4v) is 5.32. The van der Waals surface area contributed by atoms with Crippen molar-refractivity contribution in [2.45, 2.75) is 31.1 Å². The van der Waals surface area contributed by atoms with Gasteiger partial charge < -0.3 is 14.6 Å². The Morgan fingerprint density at radius 2 is 1.76 bits per heavy atom. The van der Waals surface area contributed by atoms with Gasteiger partial charge in [0.05, 0.1) is 6.04 Å². The second kappa shape index (κ2) is 11.4. The molecule has 1 aliphatic carbocycles. The molecule has 12 nitrogen and oxygen atoms in total. The maximum absolute atomic E-state index is 14.1. The molecule has 2 aliphatic rings. The lowest BCUT2D eigenvalue weighted by Gasteiger charge is -2.38. The summed E-state index contributed by atoms with van der Waals surface area (Å²) in [6, 6.07) is 16.9. The molecule has 0 radical (unpaired) electrons. The molecule has 1 N–H and O–H groups in total. The molecule has 2 aromatic carbocycles. The zero-order chi connectivity index (χ0) is 31.1. The normalized spacial score (nSPS) is 17.0. The van der Waals surface area contributed by atoms with Crippen molar-refractivity contribution < 1.29 is 27.2 Å². The van der Waals surface area contributed by atoms with Crippen molar-refractivity contribution in [1.29, 1.82) is 0 Å².